The Morgan fingerprint density at radius 1 is 1.28 bits per heavy atom. The van der Waals surface area contributed by atoms with Gasteiger partial charge in [-0.15, -0.1) is 11.8 Å². The van der Waals surface area contributed by atoms with Crippen LogP contribution in [0.5, 0.6) is 0 Å². The Balaban J connectivity index is 1.77. The highest BCUT2D eigenvalue weighted by Gasteiger charge is 2.23. The average Bonchev–Trinajstić information content (AvgIpc) is 2.78. The standard InChI is InChI=1S/C15H23NOS/c1-16(9-5-2-6-10-17)11-13-12-18-15-8-4-3-7-14(13)15/h3-4,7-8,13,17H,2,5-6,9-12H2,1H3. The number of thioether (sulfide) groups is 1. The normalized spacial score (nSPS) is 18.3. The van der Waals surface area contributed by atoms with E-state index >= 15 is 0 Å². The van der Waals surface area contributed by atoms with Gasteiger partial charge < -0.3 is 10.0 Å². The molecule has 0 aliphatic carbocycles. The Kier molecular flexibility index (Phi) is 5.54. The number of hydrogen-bond donors (Lipinski definition) is 1. The molecule has 1 aliphatic rings. The van der Waals surface area contributed by atoms with E-state index in [0.717, 1.165) is 25.9 Å². The van der Waals surface area contributed by atoms with Crippen molar-refractivity contribution in [3.63, 3.8) is 0 Å². The van der Waals surface area contributed by atoms with Gasteiger partial charge in [0, 0.05) is 29.7 Å². The van der Waals surface area contributed by atoms with Crippen LogP contribution in [-0.2, 0) is 0 Å². The van der Waals surface area contributed by atoms with Crippen LogP contribution in [0.25, 0.3) is 0 Å². The monoisotopic (exact) mass is 265 g/mol. The molecule has 1 unspecified atom stereocenters. The van der Waals surface area contributed by atoms with Gasteiger partial charge in [0.15, 0.2) is 0 Å². The summed E-state index contributed by atoms with van der Waals surface area (Å²) in [5.74, 6) is 1.91. The van der Waals surface area contributed by atoms with Crippen LogP contribution in [-0.4, -0.2) is 42.5 Å². The topological polar surface area (TPSA) is 23.5 Å². The summed E-state index contributed by atoms with van der Waals surface area (Å²) in [6.07, 6.45) is 3.27. The Morgan fingerprint density at radius 3 is 2.94 bits per heavy atom. The van der Waals surface area contributed by atoms with Crippen molar-refractivity contribution in [3.05, 3.63) is 29.8 Å². The van der Waals surface area contributed by atoms with Crippen LogP contribution in [0.4, 0.5) is 0 Å². The Hall–Kier alpha value is -0.510. The lowest BCUT2D eigenvalue weighted by Gasteiger charge is -2.21. The summed E-state index contributed by atoms with van der Waals surface area (Å²) in [5, 5.41) is 8.75. The van der Waals surface area contributed by atoms with Crippen molar-refractivity contribution in [2.45, 2.75) is 30.1 Å². The molecule has 1 atom stereocenters. The fraction of sp³-hybridized carbons (Fsp3) is 0.600. The van der Waals surface area contributed by atoms with E-state index in [2.05, 4.69) is 36.2 Å². The van der Waals surface area contributed by atoms with Gasteiger partial charge in [-0.05, 0) is 44.5 Å². The van der Waals surface area contributed by atoms with Crippen molar-refractivity contribution >= 4 is 11.8 Å². The molecule has 18 heavy (non-hydrogen) atoms. The van der Waals surface area contributed by atoms with E-state index in [4.69, 9.17) is 5.11 Å². The van der Waals surface area contributed by atoms with E-state index in [1.165, 1.54) is 22.6 Å². The van der Waals surface area contributed by atoms with Gasteiger partial charge in [0.1, 0.15) is 0 Å². The van der Waals surface area contributed by atoms with Crippen LogP contribution in [0.1, 0.15) is 30.7 Å². The second-order valence-corrected chi connectivity index (χ2v) is 6.15. The first-order valence-corrected chi connectivity index (χ1v) is 7.81. The number of fused-ring (bicyclic) bond motifs is 1. The summed E-state index contributed by atoms with van der Waals surface area (Å²) in [5.41, 5.74) is 1.53. The molecule has 0 aromatic heterocycles. The summed E-state index contributed by atoms with van der Waals surface area (Å²) in [7, 11) is 2.21. The van der Waals surface area contributed by atoms with Crippen LogP contribution in [0.3, 0.4) is 0 Å². The van der Waals surface area contributed by atoms with E-state index in [9.17, 15) is 0 Å². The van der Waals surface area contributed by atoms with E-state index < -0.39 is 0 Å². The third kappa shape index (κ3) is 3.74. The third-order valence-corrected chi connectivity index (χ3v) is 4.78. The molecule has 1 N–H and O–H groups in total. The Bertz CT molecular complexity index is 369. The molecule has 0 saturated carbocycles. The molecule has 0 radical (unpaired) electrons. The van der Waals surface area contributed by atoms with Gasteiger partial charge in [-0.1, -0.05) is 18.2 Å². The molecule has 0 saturated heterocycles. The smallest absolute Gasteiger partial charge is 0.0431 e. The lowest BCUT2D eigenvalue weighted by Crippen LogP contribution is -2.25. The van der Waals surface area contributed by atoms with Gasteiger partial charge in [-0.25, -0.2) is 0 Å². The Morgan fingerprint density at radius 2 is 2.11 bits per heavy atom. The van der Waals surface area contributed by atoms with Crippen molar-refractivity contribution in [3.8, 4) is 0 Å². The summed E-state index contributed by atoms with van der Waals surface area (Å²) < 4.78 is 0. The quantitative estimate of drug-likeness (QED) is 0.767. The third-order valence-electron chi connectivity index (χ3n) is 3.53. The maximum Gasteiger partial charge on any atom is 0.0431 e. The number of rotatable bonds is 7. The molecule has 3 heteroatoms. The summed E-state index contributed by atoms with van der Waals surface area (Å²) in [6, 6.07) is 8.80. The lowest BCUT2D eigenvalue weighted by atomic mass is 10.0. The van der Waals surface area contributed by atoms with Crippen molar-refractivity contribution < 1.29 is 5.11 Å². The molecule has 2 nitrogen and oxygen atoms in total. The molecule has 0 amide bonds. The van der Waals surface area contributed by atoms with Crippen LogP contribution < -0.4 is 0 Å². The van der Waals surface area contributed by atoms with Gasteiger partial charge >= 0.3 is 0 Å². The molecule has 1 heterocycles. The lowest BCUT2D eigenvalue weighted by molar-refractivity contribution is 0.270. The van der Waals surface area contributed by atoms with Gasteiger partial charge in [0.25, 0.3) is 0 Å². The zero-order valence-corrected chi connectivity index (χ0v) is 12.0. The van der Waals surface area contributed by atoms with Crippen LogP contribution in [0, 0.1) is 0 Å². The fourth-order valence-electron chi connectivity index (χ4n) is 2.52. The molecule has 1 aromatic carbocycles. The number of nitrogens with zero attached hydrogens (tertiary/aromatic N) is 1. The van der Waals surface area contributed by atoms with Crippen molar-refractivity contribution in [2.75, 3.05) is 32.5 Å². The first-order valence-electron chi connectivity index (χ1n) is 6.82. The largest absolute Gasteiger partial charge is 0.396 e. The second-order valence-electron chi connectivity index (χ2n) is 5.09. The van der Waals surface area contributed by atoms with Gasteiger partial charge in [0.2, 0.25) is 0 Å². The van der Waals surface area contributed by atoms with Crippen molar-refractivity contribution in [1.29, 1.82) is 0 Å². The maximum absolute atomic E-state index is 8.75. The average molecular weight is 265 g/mol. The number of hydrogen-bond acceptors (Lipinski definition) is 3. The Labute approximate surface area is 114 Å². The van der Waals surface area contributed by atoms with E-state index in [1.807, 2.05) is 11.8 Å². The molecule has 1 aliphatic heterocycles. The zero-order valence-electron chi connectivity index (χ0n) is 11.1. The minimum atomic E-state index is 0.330. The fourth-order valence-corrected chi connectivity index (χ4v) is 3.76. The summed E-state index contributed by atoms with van der Waals surface area (Å²) >= 11 is 1.99. The van der Waals surface area contributed by atoms with E-state index in [1.54, 1.807) is 0 Å². The molecule has 0 fully saturated rings. The molecule has 1 aromatic rings. The van der Waals surface area contributed by atoms with E-state index in [0.29, 0.717) is 12.5 Å². The molecule has 0 spiro atoms. The van der Waals surface area contributed by atoms with Crippen molar-refractivity contribution in [1.82, 2.24) is 4.90 Å². The van der Waals surface area contributed by atoms with Crippen LogP contribution in [0.2, 0.25) is 0 Å². The highest BCUT2D eigenvalue weighted by atomic mass is 32.2. The number of benzene rings is 1. The highest BCUT2D eigenvalue weighted by Crippen LogP contribution is 2.39. The van der Waals surface area contributed by atoms with Gasteiger partial charge in [-0.3, -0.25) is 0 Å². The molecule has 2 rings (SSSR count). The number of aliphatic hydroxyl groups excluding tert-OH is 1. The highest BCUT2D eigenvalue weighted by molar-refractivity contribution is 7.99. The molecule has 0 bridgehead atoms. The van der Waals surface area contributed by atoms with Crippen LogP contribution in [0.15, 0.2) is 29.2 Å². The number of likely N-dealkylation sites (N-methyl/N-ethyl adjacent to an activating group) is 1. The first kappa shape index (κ1) is 13.9. The summed E-state index contributed by atoms with van der Waals surface area (Å²) in [4.78, 5) is 3.90. The molecule has 100 valence electrons. The number of unbranched alkanes of at least 4 members (excludes halogenated alkanes) is 2. The minimum absolute atomic E-state index is 0.330. The maximum atomic E-state index is 8.75. The molecular weight excluding hydrogens is 242 g/mol. The first-order chi connectivity index (χ1) is 8.81. The van der Waals surface area contributed by atoms with E-state index in [-0.39, 0.29) is 0 Å². The van der Waals surface area contributed by atoms with Crippen LogP contribution >= 0.6 is 11.8 Å². The predicted molar refractivity (Wildman–Crippen MR) is 78.3 cm³/mol. The second kappa shape index (κ2) is 7.17. The van der Waals surface area contributed by atoms with Gasteiger partial charge in [-0.2, -0.15) is 0 Å². The number of aliphatic hydroxyl groups is 1. The molecular formula is C15H23NOS. The zero-order chi connectivity index (χ0) is 12.8. The summed E-state index contributed by atoms with van der Waals surface area (Å²) in [6.45, 7) is 2.63. The van der Waals surface area contributed by atoms with Crippen molar-refractivity contribution in [2.24, 2.45) is 0 Å². The minimum Gasteiger partial charge on any atom is -0.396 e. The van der Waals surface area contributed by atoms with Gasteiger partial charge in [0.05, 0.1) is 0 Å². The predicted octanol–water partition coefficient (Wildman–Crippen LogP) is 2.97. The SMILES string of the molecule is CN(CCCCCO)CC1CSc2ccccc21.